The highest BCUT2D eigenvalue weighted by atomic mass is 32.2. The van der Waals surface area contributed by atoms with E-state index in [1.807, 2.05) is 0 Å². The predicted molar refractivity (Wildman–Crippen MR) is 76.4 cm³/mol. The van der Waals surface area contributed by atoms with Crippen LogP contribution in [0.25, 0.3) is 0 Å². The summed E-state index contributed by atoms with van der Waals surface area (Å²) in [4.78, 5) is 11.6. The molecule has 1 heterocycles. The number of hydrogen-bond acceptors (Lipinski definition) is 4. The maximum absolute atomic E-state index is 12.7. The quantitative estimate of drug-likeness (QED) is 0.793. The van der Waals surface area contributed by atoms with Crippen LogP contribution in [0, 0.1) is 13.8 Å². The van der Waals surface area contributed by atoms with Crippen molar-refractivity contribution in [3.8, 4) is 0 Å². The van der Waals surface area contributed by atoms with Gasteiger partial charge in [0.25, 0.3) is 0 Å². The summed E-state index contributed by atoms with van der Waals surface area (Å²) in [6.07, 6.45) is 1.10. The molecule has 0 spiro atoms. The average Bonchev–Trinajstić information content (AvgIpc) is 2.83. The molecule has 6 nitrogen and oxygen atoms in total. The van der Waals surface area contributed by atoms with Crippen molar-refractivity contribution in [2.75, 3.05) is 12.3 Å². The van der Waals surface area contributed by atoms with Crippen LogP contribution in [-0.4, -0.2) is 31.2 Å². The fourth-order valence-electron chi connectivity index (χ4n) is 2.56. The van der Waals surface area contributed by atoms with Crippen molar-refractivity contribution in [1.29, 1.82) is 0 Å². The largest absolute Gasteiger partial charge is 0.398 e. The lowest BCUT2D eigenvalue weighted by Crippen LogP contribution is -2.43. The SMILES string of the molecule is Cc1cc(N)c(C)c(S(=O)(=O)N2CCCC2C(N)=O)c1. The van der Waals surface area contributed by atoms with E-state index in [2.05, 4.69) is 0 Å². The molecular weight excluding hydrogens is 278 g/mol. The molecule has 0 bridgehead atoms. The minimum atomic E-state index is -3.76. The number of anilines is 1. The molecule has 1 saturated heterocycles. The Kier molecular flexibility index (Phi) is 3.75. The number of aryl methyl sites for hydroxylation is 1. The van der Waals surface area contributed by atoms with Crippen molar-refractivity contribution < 1.29 is 13.2 Å². The van der Waals surface area contributed by atoms with Gasteiger partial charge in [0.05, 0.1) is 4.90 Å². The third kappa shape index (κ3) is 2.38. The van der Waals surface area contributed by atoms with Crippen LogP contribution in [0.15, 0.2) is 17.0 Å². The Morgan fingerprint density at radius 2 is 2.00 bits per heavy atom. The number of carbonyl (C=O) groups is 1. The standard InChI is InChI=1S/C13H19N3O3S/c1-8-6-10(14)9(2)12(7-8)20(18,19)16-5-3-4-11(16)13(15)17/h6-7,11H,3-5,14H2,1-2H3,(H2,15,17). The second-order valence-electron chi connectivity index (χ2n) is 5.15. The fraction of sp³-hybridized carbons (Fsp3) is 0.462. The summed E-state index contributed by atoms with van der Waals surface area (Å²) in [5, 5.41) is 0. The maximum atomic E-state index is 12.7. The zero-order valence-electron chi connectivity index (χ0n) is 11.6. The highest BCUT2D eigenvalue weighted by Gasteiger charge is 2.39. The number of hydrogen-bond donors (Lipinski definition) is 2. The molecule has 0 radical (unpaired) electrons. The van der Waals surface area contributed by atoms with Crippen molar-refractivity contribution >= 4 is 21.6 Å². The molecule has 1 atom stereocenters. The molecule has 1 amide bonds. The monoisotopic (exact) mass is 297 g/mol. The number of rotatable bonds is 3. The molecule has 0 aromatic heterocycles. The summed E-state index contributed by atoms with van der Waals surface area (Å²) in [6.45, 7) is 3.75. The Labute approximate surface area is 118 Å². The van der Waals surface area contributed by atoms with Crippen molar-refractivity contribution in [1.82, 2.24) is 4.31 Å². The van der Waals surface area contributed by atoms with Crippen LogP contribution in [0.2, 0.25) is 0 Å². The van der Waals surface area contributed by atoms with Crippen molar-refractivity contribution in [3.63, 3.8) is 0 Å². The second-order valence-corrected chi connectivity index (χ2v) is 7.01. The number of nitrogens with zero attached hydrogens (tertiary/aromatic N) is 1. The smallest absolute Gasteiger partial charge is 0.244 e. The molecule has 1 aliphatic heterocycles. The van der Waals surface area contributed by atoms with Gasteiger partial charge in [0.2, 0.25) is 15.9 Å². The summed E-state index contributed by atoms with van der Waals surface area (Å²) in [5.74, 6) is -0.607. The summed E-state index contributed by atoms with van der Waals surface area (Å²) in [6, 6.07) is 2.54. The molecule has 0 saturated carbocycles. The zero-order valence-corrected chi connectivity index (χ0v) is 12.4. The Balaban J connectivity index is 2.53. The van der Waals surface area contributed by atoms with Crippen molar-refractivity contribution in [3.05, 3.63) is 23.3 Å². The van der Waals surface area contributed by atoms with E-state index in [1.165, 1.54) is 4.31 Å². The Morgan fingerprint density at radius 3 is 2.60 bits per heavy atom. The van der Waals surface area contributed by atoms with E-state index in [0.717, 1.165) is 5.56 Å². The summed E-state index contributed by atoms with van der Waals surface area (Å²) in [5.41, 5.74) is 12.8. The number of nitrogens with two attached hydrogens (primary N) is 2. The van der Waals surface area contributed by atoms with Gasteiger partial charge in [0, 0.05) is 12.2 Å². The molecule has 1 fully saturated rings. The van der Waals surface area contributed by atoms with Gasteiger partial charge in [-0.25, -0.2) is 8.42 Å². The number of benzene rings is 1. The molecule has 110 valence electrons. The van der Waals surface area contributed by atoms with E-state index in [1.54, 1.807) is 26.0 Å². The van der Waals surface area contributed by atoms with Gasteiger partial charge < -0.3 is 11.5 Å². The van der Waals surface area contributed by atoms with Crippen LogP contribution < -0.4 is 11.5 Å². The molecular formula is C13H19N3O3S. The van der Waals surface area contributed by atoms with Crippen LogP contribution >= 0.6 is 0 Å². The number of primary amides is 1. The van der Waals surface area contributed by atoms with E-state index in [0.29, 0.717) is 30.6 Å². The van der Waals surface area contributed by atoms with Gasteiger partial charge in [-0.3, -0.25) is 4.79 Å². The maximum Gasteiger partial charge on any atom is 0.244 e. The van der Waals surface area contributed by atoms with E-state index < -0.39 is 22.0 Å². The van der Waals surface area contributed by atoms with Crippen LogP contribution in [0.4, 0.5) is 5.69 Å². The molecule has 7 heteroatoms. The predicted octanol–water partition coefficient (Wildman–Crippen LogP) is 0.524. The van der Waals surface area contributed by atoms with Gasteiger partial charge in [-0.05, 0) is 49.9 Å². The number of carbonyl (C=O) groups excluding carboxylic acids is 1. The van der Waals surface area contributed by atoms with Gasteiger partial charge in [-0.2, -0.15) is 4.31 Å². The molecule has 1 aromatic carbocycles. The normalized spacial score (nSPS) is 20.2. The van der Waals surface area contributed by atoms with E-state index in [4.69, 9.17) is 11.5 Å². The molecule has 20 heavy (non-hydrogen) atoms. The number of nitrogen functional groups attached to an aromatic ring is 1. The van der Waals surface area contributed by atoms with Gasteiger partial charge in [0.15, 0.2) is 0 Å². The fourth-order valence-corrected chi connectivity index (χ4v) is 4.56. The van der Waals surface area contributed by atoms with Crippen LogP contribution in [0.3, 0.4) is 0 Å². The first-order valence-electron chi connectivity index (χ1n) is 6.43. The summed E-state index contributed by atoms with van der Waals surface area (Å²) >= 11 is 0. The highest BCUT2D eigenvalue weighted by molar-refractivity contribution is 7.89. The molecule has 1 aromatic rings. The van der Waals surface area contributed by atoms with E-state index in [-0.39, 0.29) is 4.90 Å². The third-order valence-electron chi connectivity index (χ3n) is 3.66. The topological polar surface area (TPSA) is 106 Å². The van der Waals surface area contributed by atoms with Gasteiger partial charge in [-0.1, -0.05) is 0 Å². The Morgan fingerprint density at radius 1 is 1.35 bits per heavy atom. The van der Waals surface area contributed by atoms with E-state index in [9.17, 15) is 13.2 Å². The minimum Gasteiger partial charge on any atom is -0.398 e. The zero-order chi connectivity index (χ0) is 15.1. The summed E-state index contributed by atoms with van der Waals surface area (Å²) in [7, 11) is -3.76. The van der Waals surface area contributed by atoms with Gasteiger partial charge in [0.1, 0.15) is 6.04 Å². The van der Waals surface area contributed by atoms with Crippen LogP contribution in [0.1, 0.15) is 24.0 Å². The third-order valence-corrected chi connectivity index (χ3v) is 5.70. The van der Waals surface area contributed by atoms with E-state index >= 15 is 0 Å². The highest BCUT2D eigenvalue weighted by Crippen LogP contribution is 2.30. The second kappa shape index (κ2) is 5.06. The molecule has 4 N–H and O–H groups in total. The molecule has 1 aliphatic rings. The molecule has 2 rings (SSSR count). The van der Waals surface area contributed by atoms with Crippen molar-refractivity contribution in [2.45, 2.75) is 37.6 Å². The Hall–Kier alpha value is -1.60. The molecule has 1 unspecified atom stereocenters. The van der Waals surface area contributed by atoms with Crippen molar-refractivity contribution in [2.24, 2.45) is 5.73 Å². The number of sulfonamides is 1. The first-order valence-corrected chi connectivity index (χ1v) is 7.87. The number of amides is 1. The first-order chi connectivity index (χ1) is 9.25. The molecule has 0 aliphatic carbocycles. The average molecular weight is 297 g/mol. The lowest BCUT2D eigenvalue weighted by atomic mass is 10.1. The lowest BCUT2D eigenvalue weighted by molar-refractivity contribution is -0.121. The van der Waals surface area contributed by atoms with Crippen LogP contribution in [-0.2, 0) is 14.8 Å². The van der Waals surface area contributed by atoms with Gasteiger partial charge >= 0.3 is 0 Å². The minimum absolute atomic E-state index is 0.156. The lowest BCUT2D eigenvalue weighted by Gasteiger charge is -2.23. The summed E-state index contributed by atoms with van der Waals surface area (Å²) < 4.78 is 26.7. The first kappa shape index (κ1) is 14.8. The van der Waals surface area contributed by atoms with Crippen LogP contribution in [0.5, 0.6) is 0 Å². The van der Waals surface area contributed by atoms with Gasteiger partial charge in [-0.15, -0.1) is 0 Å². The Bertz CT molecular complexity index is 655.